The number of carbonyl (C=O) groups excluding carboxylic acids is 1. The van der Waals surface area contributed by atoms with Gasteiger partial charge in [0.2, 0.25) is 10.0 Å². The monoisotopic (exact) mass is 417 g/mol. The number of nitrogens with two attached hydrogens (primary N) is 1. The van der Waals surface area contributed by atoms with Crippen LogP contribution in [0.2, 0.25) is 0 Å². The second kappa shape index (κ2) is 6.61. The Balaban J connectivity index is 2.14. The lowest BCUT2D eigenvalue weighted by atomic mass is 9.96. The predicted octanol–water partition coefficient (Wildman–Crippen LogP) is 2.13. The Morgan fingerprint density at radius 1 is 1.38 bits per heavy atom. The quantitative estimate of drug-likeness (QED) is 0.754. The van der Waals surface area contributed by atoms with Crippen LogP contribution in [-0.4, -0.2) is 24.5 Å². The summed E-state index contributed by atoms with van der Waals surface area (Å²) in [6.45, 7) is 5.53. The highest BCUT2D eigenvalue weighted by molar-refractivity contribution is 9.10. The number of ether oxygens (including phenoxy) is 1. The molecule has 0 spiro atoms. The summed E-state index contributed by atoms with van der Waals surface area (Å²) in [5, 5.41) is 8.88. The van der Waals surface area contributed by atoms with Crippen molar-refractivity contribution in [2.24, 2.45) is 5.14 Å². The molecule has 0 amide bonds. The van der Waals surface area contributed by atoms with E-state index in [9.17, 15) is 13.2 Å². The molecule has 0 saturated heterocycles. The molecule has 0 atom stereocenters. The fourth-order valence-electron chi connectivity index (χ4n) is 1.66. The minimum atomic E-state index is -3.93. The molecule has 0 aliphatic heterocycles. The SMILES string of the molecule is CC(C)(C)c1noc(COC(=O)c2cc(S(N)(=O)=O)ccc2Br)n1. The summed E-state index contributed by atoms with van der Waals surface area (Å²) in [5.74, 6) is -0.110. The van der Waals surface area contributed by atoms with Crippen molar-refractivity contribution in [2.75, 3.05) is 0 Å². The normalized spacial score (nSPS) is 12.2. The lowest BCUT2D eigenvalue weighted by Gasteiger charge is -2.10. The van der Waals surface area contributed by atoms with E-state index in [1.165, 1.54) is 12.1 Å². The fourth-order valence-corrected chi connectivity index (χ4v) is 2.61. The van der Waals surface area contributed by atoms with Gasteiger partial charge in [-0.3, -0.25) is 0 Å². The number of benzene rings is 1. The lowest BCUT2D eigenvalue weighted by molar-refractivity contribution is 0.0428. The summed E-state index contributed by atoms with van der Waals surface area (Å²) in [7, 11) is -3.93. The van der Waals surface area contributed by atoms with E-state index in [0.29, 0.717) is 10.3 Å². The Kier molecular flexibility index (Phi) is 5.11. The number of sulfonamides is 1. The van der Waals surface area contributed by atoms with Gasteiger partial charge in [0, 0.05) is 9.89 Å². The number of rotatable bonds is 4. The van der Waals surface area contributed by atoms with Crippen LogP contribution in [0.4, 0.5) is 0 Å². The molecule has 24 heavy (non-hydrogen) atoms. The van der Waals surface area contributed by atoms with E-state index in [1.807, 2.05) is 20.8 Å². The zero-order chi connectivity index (χ0) is 18.1. The Morgan fingerprint density at radius 2 is 2.04 bits per heavy atom. The number of primary sulfonamides is 1. The highest BCUT2D eigenvalue weighted by Crippen LogP contribution is 2.22. The maximum Gasteiger partial charge on any atom is 0.339 e. The van der Waals surface area contributed by atoms with Gasteiger partial charge in [0.25, 0.3) is 5.89 Å². The molecule has 1 heterocycles. The van der Waals surface area contributed by atoms with E-state index in [2.05, 4.69) is 26.1 Å². The summed E-state index contributed by atoms with van der Waals surface area (Å²) in [6.07, 6.45) is 0. The molecule has 130 valence electrons. The van der Waals surface area contributed by atoms with Gasteiger partial charge in [-0.05, 0) is 34.1 Å². The lowest BCUT2D eigenvalue weighted by Crippen LogP contribution is -2.14. The molecule has 1 aromatic heterocycles. The fraction of sp³-hybridized carbons (Fsp3) is 0.357. The largest absolute Gasteiger partial charge is 0.452 e. The summed E-state index contributed by atoms with van der Waals surface area (Å²) < 4.78 is 33.2. The second-order valence-corrected chi connectivity index (χ2v) is 8.44. The number of aromatic nitrogens is 2. The molecule has 0 aliphatic rings. The van der Waals surface area contributed by atoms with Crippen molar-refractivity contribution in [3.8, 4) is 0 Å². The van der Waals surface area contributed by atoms with Gasteiger partial charge in [-0.25, -0.2) is 18.4 Å². The van der Waals surface area contributed by atoms with Crippen LogP contribution in [0.15, 0.2) is 32.1 Å². The molecule has 1 aromatic carbocycles. The van der Waals surface area contributed by atoms with Crippen LogP contribution in [-0.2, 0) is 26.8 Å². The van der Waals surface area contributed by atoms with E-state index < -0.39 is 16.0 Å². The molecule has 0 fully saturated rings. The van der Waals surface area contributed by atoms with Crippen LogP contribution in [0.1, 0.15) is 42.8 Å². The summed E-state index contributed by atoms with van der Waals surface area (Å²) in [4.78, 5) is 16.1. The smallest absolute Gasteiger partial charge is 0.339 e. The minimum absolute atomic E-state index is 0.0251. The van der Waals surface area contributed by atoms with Crippen LogP contribution in [0.25, 0.3) is 0 Å². The third-order valence-electron chi connectivity index (χ3n) is 2.95. The maximum absolute atomic E-state index is 12.1. The number of esters is 1. The topological polar surface area (TPSA) is 125 Å². The molecule has 2 rings (SSSR count). The van der Waals surface area contributed by atoms with Gasteiger partial charge in [0.1, 0.15) is 0 Å². The third kappa shape index (κ3) is 4.40. The highest BCUT2D eigenvalue weighted by Gasteiger charge is 2.22. The first-order chi connectivity index (χ1) is 11.0. The minimum Gasteiger partial charge on any atom is -0.452 e. The molecular formula is C14H16BrN3O5S. The number of hydrogen-bond donors (Lipinski definition) is 1. The Morgan fingerprint density at radius 3 is 2.58 bits per heavy atom. The van der Waals surface area contributed by atoms with Gasteiger partial charge in [0.15, 0.2) is 12.4 Å². The number of halogens is 1. The van der Waals surface area contributed by atoms with E-state index in [4.69, 9.17) is 14.4 Å². The van der Waals surface area contributed by atoms with Crippen molar-refractivity contribution in [3.63, 3.8) is 0 Å². The molecule has 0 aliphatic carbocycles. The summed E-state index contributed by atoms with van der Waals surface area (Å²) in [6, 6.07) is 3.82. The molecule has 10 heteroatoms. The standard InChI is InChI=1S/C14H16BrN3O5S/c1-14(2,3)13-17-11(23-18-13)7-22-12(19)9-6-8(24(16,20)21)4-5-10(9)15/h4-6H,7H2,1-3H3,(H2,16,20,21). The van der Waals surface area contributed by atoms with Crippen molar-refractivity contribution < 1.29 is 22.5 Å². The van der Waals surface area contributed by atoms with E-state index in [0.717, 1.165) is 6.07 Å². The molecule has 0 unspecified atom stereocenters. The Bertz CT molecular complexity index is 871. The average Bonchev–Trinajstić information content (AvgIpc) is 2.93. The molecule has 0 saturated carbocycles. The zero-order valence-electron chi connectivity index (χ0n) is 13.2. The molecule has 8 nitrogen and oxygen atoms in total. The molecule has 2 aromatic rings. The summed E-state index contributed by atoms with van der Waals surface area (Å²) in [5.41, 5.74) is -0.268. The predicted molar refractivity (Wildman–Crippen MR) is 87.6 cm³/mol. The van der Waals surface area contributed by atoms with Crippen LogP contribution < -0.4 is 5.14 Å². The van der Waals surface area contributed by atoms with Crippen LogP contribution in [0, 0.1) is 0 Å². The highest BCUT2D eigenvalue weighted by atomic mass is 79.9. The van der Waals surface area contributed by atoms with Gasteiger partial charge in [0.05, 0.1) is 10.5 Å². The van der Waals surface area contributed by atoms with Crippen molar-refractivity contribution in [1.29, 1.82) is 0 Å². The van der Waals surface area contributed by atoms with Gasteiger partial charge in [-0.2, -0.15) is 4.98 Å². The number of carbonyl (C=O) groups is 1. The Labute approximate surface area is 147 Å². The third-order valence-corrected chi connectivity index (χ3v) is 4.55. The van der Waals surface area contributed by atoms with Gasteiger partial charge < -0.3 is 9.26 Å². The van der Waals surface area contributed by atoms with Crippen LogP contribution in [0.3, 0.4) is 0 Å². The number of nitrogens with zero attached hydrogens (tertiary/aromatic N) is 2. The molecule has 2 N–H and O–H groups in total. The van der Waals surface area contributed by atoms with Crippen LogP contribution in [0.5, 0.6) is 0 Å². The van der Waals surface area contributed by atoms with Crippen molar-refractivity contribution in [3.05, 3.63) is 40.0 Å². The van der Waals surface area contributed by atoms with E-state index in [-0.39, 0.29) is 28.4 Å². The van der Waals surface area contributed by atoms with Crippen LogP contribution >= 0.6 is 15.9 Å². The second-order valence-electron chi connectivity index (χ2n) is 6.02. The van der Waals surface area contributed by atoms with Crippen molar-refractivity contribution >= 4 is 31.9 Å². The van der Waals surface area contributed by atoms with Gasteiger partial charge in [-0.15, -0.1) is 0 Å². The molecule has 0 radical (unpaired) electrons. The van der Waals surface area contributed by atoms with Crippen molar-refractivity contribution in [1.82, 2.24) is 10.1 Å². The summed E-state index contributed by atoms with van der Waals surface area (Å²) >= 11 is 3.17. The van der Waals surface area contributed by atoms with Gasteiger partial charge >= 0.3 is 5.97 Å². The first-order valence-electron chi connectivity index (χ1n) is 6.81. The first kappa shape index (κ1) is 18.6. The Hall–Kier alpha value is -1.78. The van der Waals surface area contributed by atoms with E-state index >= 15 is 0 Å². The zero-order valence-corrected chi connectivity index (χ0v) is 15.6. The molecular weight excluding hydrogens is 402 g/mol. The van der Waals surface area contributed by atoms with Crippen molar-refractivity contribution in [2.45, 2.75) is 37.7 Å². The number of hydrogen-bond acceptors (Lipinski definition) is 7. The average molecular weight is 418 g/mol. The van der Waals surface area contributed by atoms with E-state index in [1.54, 1.807) is 0 Å². The van der Waals surface area contributed by atoms with Gasteiger partial charge in [-0.1, -0.05) is 25.9 Å². The maximum atomic E-state index is 12.1. The molecule has 0 bridgehead atoms. The first-order valence-corrected chi connectivity index (χ1v) is 9.15.